The first kappa shape index (κ1) is 16.9. The summed E-state index contributed by atoms with van der Waals surface area (Å²) in [5.41, 5.74) is 1.79. The standard InChI is InChI=1S/C15H12Br2Cl2O2/c1-20-13-4-3-8(18)5-10(13)14(17)11-6-9(19)7-12(16)15(11)21-2/h3-7,14H,1-2H3. The van der Waals surface area contributed by atoms with Crippen LogP contribution in [0.3, 0.4) is 0 Å². The lowest BCUT2D eigenvalue weighted by Crippen LogP contribution is -2.00. The molecule has 21 heavy (non-hydrogen) atoms. The summed E-state index contributed by atoms with van der Waals surface area (Å²) >= 11 is 19.4. The third kappa shape index (κ3) is 3.67. The molecule has 112 valence electrons. The van der Waals surface area contributed by atoms with Gasteiger partial charge in [0.25, 0.3) is 0 Å². The molecule has 0 N–H and O–H groups in total. The minimum absolute atomic E-state index is 0.170. The Kier molecular flexibility index (Phi) is 5.83. The molecular formula is C15H12Br2Cl2O2. The van der Waals surface area contributed by atoms with E-state index < -0.39 is 0 Å². The minimum Gasteiger partial charge on any atom is -0.496 e. The van der Waals surface area contributed by atoms with Crippen molar-refractivity contribution in [1.82, 2.24) is 0 Å². The zero-order chi connectivity index (χ0) is 15.6. The van der Waals surface area contributed by atoms with Crippen molar-refractivity contribution >= 4 is 55.1 Å². The summed E-state index contributed by atoms with van der Waals surface area (Å²) in [6.45, 7) is 0. The van der Waals surface area contributed by atoms with Gasteiger partial charge in [0, 0.05) is 21.2 Å². The van der Waals surface area contributed by atoms with E-state index in [9.17, 15) is 0 Å². The first-order chi connectivity index (χ1) is 9.97. The maximum atomic E-state index is 6.15. The van der Waals surface area contributed by atoms with E-state index in [1.807, 2.05) is 18.2 Å². The molecule has 0 heterocycles. The third-order valence-corrected chi connectivity index (χ3v) is 5.01. The molecule has 0 saturated heterocycles. The molecular weight excluding hydrogens is 443 g/mol. The van der Waals surface area contributed by atoms with Crippen LogP contribution in [0.1, 0.15) is 16.0 Å². The normalized spacial score (nSPS) is 12.1. The smallest absolute Gasteiger partial charge is 0.137 e. The summed E-state index contributed by atoms with van der Waals surface area (Å²) in [5, 5.41) is 1.25. The summed E-state index contributed by atoms with van der Waals surface area (Å²) in [7, 11) is 3.24. The zero-order valence-corrected chi connectivity index (χ0v) is 16.0. The second-order valence-electron chi connectivity index (χ2n) is 4.26. The van der Waals surface area contributed by atoms with E-state index in [-0.39, 0.29) is 4.83 Å². The van der Waals surface area contributed by atoms with E-state index >= 15 is 0 Å². The van der Waals surface area contributed by atoms with Gasteiger partial charge in [0.1, 0.15) is 11.5 Å². The molecule has 0 bridgehead atoms. The molecule has 0 radical (unpaired) electrons. The van der Waals surface area contributed by atoms with Gasteiger partial charge in [-0.05, 0) is 46.3 Å². The van der Waals surface area contributed by atoms with Crippen LogP contribution in [0.15, 0.2) is 34.8 Å². The van der Waals surface area contributed by atoms with Gasteiger partial charge in [-0.3, -0.25) is 0 Å². The van der Waals surface area contributed by atoms with Crippen LogP contribution in [-0.4, -0.2) is 14.2 Å². The predicted molar refractivity (Wildman–Crippen MR) is 94.5 cm³/mol. The van der Waals surface area contributed by atoms with Gasteiger partial charge >= 0.3 is 0 Å². The Bertz CT molecular complexity index is 662. The van der Waals surface area contributed by atoms with Crippen LogP contribution in [0, 0.1) is 0 Å². The van der Waals surface area contributed by atoms with E-state index in [1.165, 1.54) is 0 Å². The third-order valence-electron chi connectivity index (χ3n) is 2.98. The Morgan fingerprint density at radius 3 is 2.24 bits per heavy atom. The van der Waals surface area contributed by atoms with Gasteiger partial charge in [-0.25, -0.2) is 0 Å². The molecule has 6 heteroatoms. The molecule has 2 rings (SSSR count). The highest BCUT2D eigenvalue weighted by atomic mass is 79.9. The van der Waals surface area contributed by atoms with Gasteiger partial charge in [-0.2, -0.15) is 0 Å². The molecule has 0 fully saturated rings. The molecule has 2 aromatic rings. The van der Waals surface area contributed by atoms with Crippen LogP contribution >= 0.6 is 55.1 Å². The average molecular weight is 455 g/mol. The number of methoxy groups -OCH3 is 2. The summed E-state index contributed by atoms with van der Waals surface area (Å²) < 4.78 is 11.7. The van der Waals surface area contributed by atoms with Crippen molar-refractivity contribution in [3.63, 3.8) is 0 Å². The van der Waals surface area contributed by atoms with E-state index in [1.54, 1.807) is 26.4 Å². The van der Waals surface area contributed by atoms with Gasteiger partial charge < -0.3 is 9.47 Å². The number of alkyl halides is 1. The summed E-state index contributed by atoms with van der Waals surface area (Å²) in [5.74, 6) is 1.45. The van der Waals surface area contributed by atoms with Gasteiger partial charge in [0.15, 0.2) is 0 Å². The monoisotopic (exact) mass is 452 g/mol. The van der Waals surface area contributed by atoms with E-state index in [2.05, 4.69) is 31.9 Å². The molecule has 0 amide bonds. The van der Waals surface area contributed by atoms with E-state index in [0.29, 0.717) is 15.8 Å². The van der Waals surface area contributed by atoms with E-state index in [0.717, 1.165) is 21.3 Å². The fourth-order valence-electron chi connectivity index (χ4n) is 2.05. The van der Waals surface area contributed by atoms with Crippen LogP contribution in [0.5, 0.6) is 11.5 Å². The molecule has 0 aliphatic rings. The minimum atomic E-state index is -0.170. The van der Waals surface area contributed by atoms with Crippen molar-refractivity contribution in [2.75, 3.05) is 14.2 Å². The van der Waals surface area contributed by atoms with Crippen molar-refractivity contribution < 1.29 is 9.47 Å². The largest absolute Gasteiger partial charge is 0.496 e. The van der Waals surface area contributed by atoms with Crippen molar-refractivity contribution in [3.05, 3.63) is 56.0 Å². The number of hydrogen-bond acceptors (Lipinski definition) is 2. The van der Waals surface area contributed by atoms with Crippen LogP contribution in [0.2, 0.25) is 10.0 Å². The van der Waals surface area contributed by atoms with Crippen LogP contribution < -0.4 is 9.47 Å². The quantitative estimate of drug-likeness (QED) is 0.508. The number of rotatable bonds is 4. The molecule has 0 saturated carbocycles. The van der Waals surface area contributed by atoms with Crippen molar-refractivity contribution in [2.45, 2.75) is 4.83 Å². The molecule has 2 aromatic carbocycles. The molecule has 0 aliphatic heterocycles. The lowest BCUT2D eigenvalue weighted by Gasteiger charge is -2.19. The van der Waals surface area contributed by atoms with Crippen LogP contribution in [0.4, 0.5) is 0 Å². The Balaban J connectivity index is 2.59. The van der Waals surface area contributed by atoms with Gasteiger partial charge in [0.2, 0.25) is 0 Å². The fraction of sp³-hybridized carbons (Fsp3) is 0.200. The topological polar surface area (TPSA) is 18.5 Å². The Labute approximate surface area is 150 Å². The zero-order valence-electron chi connectivity index (χ0n) is 11.3. The Morgan fingerprint density at radius 1 is 0.952 bits per heavy atom. The lowest BCUT2D eigenvalue weighted by atomic mass is 10.0. The van der Waals surface area contributed by atoms with Crippen molar-refractivity contribution in [3.8, 4) is 11.5 Å². The SMILES string of the molecule is COc1ccc(Cl)cc1C(Br)c1cc(Cl)cc(Br)c1OC. The number of ether oxygens (including phenoxy) is 2. The predicted octanol–water partition coefficient (Wildman–Crippen LogP) is 6.26. The summed E-state index contributed by atoms with van der Waals surface area (Å²) in [6.07, 6.45) is 0. The molecule has 1 atom stereocenters. The average Bonchev–Trinajstić information content (AvgIpc) is 2.45. The maximum Gasteiger partial charge on any atom is 0.137 e. The molecule has 0 aromatic heterocycles. The summed E-state index contributed by atoms with van der Waals surface area (Å²) in [4.78, 5) is -0.170. The molecule has 1 unspecified atom stereocenters. The second kappa shape index (κ2) is 7.23. The van der Waals surface area contributed by atoms with Crippen LogP contribution in [0.25, 0.3) is 0 Å². The number of benzene rings is 2. The Morgan fingerprint density at radius 2 is 1.62 bits per heavy atom. The molecule has 0 aliphatic carbocycles. The van der Waals surface area contributed by atoms with Crippen molar-refractivity contribution in [2.24, 2.45) is 0 Å². The fourth-order valence-corrected chi connectivity index (χ4v) is 3.93. The van der Waals surface area contributed by atoms with Crippen molar-refractivity contribution in [1.29, 1.82) is 0 Å². The van der Waals surface area contributed by atoms with Gasteiger partial charge in [-0.1, -0.05) is 39.1 Å². The lowest BCUT2D eigenvalue weighted by molar-refractivity contribution is 0.403. The van der Waals surface area contributed by atoms with Gasteiger partial charge in [0.05, 0.1) is 23.5 Å². The second-order valence-corrected chi connectivity index (χ2v) is 6.90. The van der Waals surface area contributed by atoms with E-state index in [4.69, 9.17) is 32.7 Å². The number of halogens is 4. The molecule has 2 nitrogen and oxygen atoms in total. The first-order valence-corrected chi connectivity index (χ1v) is 8.44. The highest BCUT2D eigenvalue weighted by Gasteiger charge is 2.21. The van der Waals surface area contributed by atoms with Gasteiger partial charge in [-0.15, -0.1) is 0 Å². The number of hydrogen-bond donors (Lipinski definition) is 0. The first-order valence-electron chi connectivity index (χ1n) is 5.98. The molecule has 0 spiro atoms. The highest BCUT2D eigenvalue weighted by molar-refractivity contribution is 9.10. The summed E-state index contributed by atoms with van der Waals surface area (Å²) in [6, 6.07) is 9.12. The highest BCUT2D eigenvalue weighted by Crippen LogP contribution is 2.45. The Hall–Kier alpha value is -0.420. The maximum absolute atomic E-state index is 6.15. The van der Waals surface area contributed by atoms with Crippen LogP contribution in [-0.2, 0) is 0 Å².